The van der Waals surface area contributed by atoms with Gasteiger partial charge in [0.25, 0.3) is 0 Å². The number of hydrogen-bond donors (Lipinski definition) is 4. The van der Waals surface area contributed by atoms with Crippen LogP contribution in [0.3, 0.4) is 0 Å². The summed E-state index contributed by atoms with van der Waals surface area (Å²) in [6.45, 7) is 0. The van der Waals surface area contributed by atoms with Crippen LogP contribution in [-0.4, -0.2) is 521 Å². The molecule has 0 aromatic rings. The molecule has 4 saturated heterocycles. The molecule has 4 heterocycles. The van der Waals surface area contributed by atoms with Gasteiger partial charge in [0.1, 0.15) is 0 Å². The summed E-state index contributed by atoms with van der Waals surface area (Å²) in [4.78, 5) is 37.8. The Bertz CT molecular complexity index is 257. The van der Waals surface area contributed by atoms with E-state index < -0.39 is 36.2 Å². The molecule has 4 N–H and O–H groups in total. The van der Waals surface area contributed by atoms with Crippen molar-refractivity contribution in [2.24, 2.45) is 0 Å². The fourth-order valence-corrected chi connectivity index (χ4v) is 15.6. The van der Waals surface area contributed by atoms with E-state index in [1.165, 1.54) is 0 Å². The van der Waals surface area contributed by atoms with Crippen molar-refractivity contribution in [2.75, 3.05) is 0 Å². The zero-order chi connectivity index (χ0) is 10.2. The SMILES string of the molecule is O[Si]12O[Si]3(O)O[Si](O)(O1)O[Si](O)(O2)O3.[LiH].[LiH].[MgH2].[MgH2].[MgH2].[MgH2].[MgH2].[MgH2].[MgH2].[MgH2].[MgH2].[MgH2].[MgH2].[MgH2].[MgH2].[MgH2].[MgH2].[MgH2].[NaH].[NaH]. The molecule has 0 saturated carbocycles. The standard InChI is InChI=1S/2Li.16Mg.2Na.H4O10Si4.36H/c;;;;;;;;;;;;;;;;;;;;1-11-5-12(2)8-13(3,6-11)10-14(4,7-11)9-12;;;;;;;;;;;;;;;;;;;;;;;;;;;;;;;;;;;;/h;;;;;;;;;;;;;;;;;;;;1-4H;;;;;;;;;;;;;;;;;;;;;;;;;;;;;;;;;;;;. The zero-order valence-electron chi connectivity index (χ0n) is 6.24. The van der Waals surface area contributed by atoms with Gasteiger partial charge in [0.05, 0.1) is 0 Å². The quantitative estimate of drug-likeness (QED) is 0.177. The van der Waals surface area contributed by atoms with Gasteiger partial charge in [-0.25, -0.2) is 0 Å². The Labute approximate surface area is 530 Å². The molecule has 34 heavy (non-hydrogen) atoms. The van der Waals surface area contributed by atoms with Gasteiger partial charge in [-0.2, -0.15) is 0 Å². The van der Waals surface area contributed by atoms with Crippen molar-refractivity contribution in [2.45, 2.75) is 0 Å². The molecule has 4 bridgehead atoms. The third-order valence-corrected chi connectivity index (χ3v) is 13.9. The van der Waals surface area contributed by atoms with Gasteiger partial charge in [-0.1, -0.05) is 0 Å². The summed E-state index contributed by atoms with van der Waals surface area (Å²) in [5.41, 5.74) is 0. The van der Waals surface area contributed by atoms with Gasteiger partial charge < -0.3 is 43.9 Å². The molecule has 4 aliphatic rings. The molecule has 0 radical (unpaired) electrons. The van der Waals surface area contributed by atoms with E-state index in [2.05, 4.69) is 24.7 Å². The third-order valence-electron chi connectivity index (χ3n) is 1.55. The van der Waals surface area contributed by atoms with Crippen molar-refractivity contribution in [1.82, 2.24) is 0 Å². The summed E-state index contributed by atoms with van der Waals surface area (Å²) in [6.07, 6.45) is 0. The van der Waals surface area contributed by atoms with Gasteiger partial charge in [-0.3, -0.25) is 0 Å². The fourth-order valence-electron chi connectivity index (χ4n) is 1.23. The summed E-state index contributed by atoms with van der Waals surface area (Å²) in [6, 6.07) is 0. The Morgan fingerprint density at radius 3 is 0.382 bits per heavy atom. The molecule has 10 nitrogen and oxygen atoms in total. The van der Waals surface area contributed by atoms with Gasteiger partial charge in [-0.15, -0.1) is 0 Å². The second kappa shape index (κ2) is 53.3. The Kier molecular flexibility index (Phi) is 184. The van der Waals surface area contributed by atoms with Gasteiger partial charge in [0.2, 0.25) is 0 Å². The molecular weight excluding hydrogens is 721 g/mol. The van der Waals surface area contributed by atoms with E-state index in [1.54, 1.807) is 0 Å². The van der Waals surface area contributed by atoms with Crippen LogP contribution in [0.2, 0.25) is 0 Å². The first-order chi connectivity index (χ1) is 6.24. The summed E-state index contributed by atoms with van der Waals surface area (Å²) in [5, 5.41) is 0. The van der Waals surface area contributed by atoms with Crippen LogP contribution in [0.25, 0.3) is 0 Å². The molecule has 0 spiro atoms. The summed E-state index contributed by atoms with van der Waals surface area (Å²) in [5.74, 6) is 0. The van der Waals surface area contributed by atoms with Gasteiger partial charge in [0, 0.05) is 0 Å². The van der Waals surface area contributed by atoms with E-state index in [4.69, 9.17) is 0 Å². The second-order valence-corrected chi connectivity index (χ2v) is 11.8. The van der Waals surface area contributed by atoms with Crippen LogP contribution >= 0.6 is 0 Å². The molecule has 0 atom stereocenters. The average molecular weight is 761 g/mol. The zero-order valence-corrected chi connectivity index (χ0v) is 10.2. The Morgan fingerprint density at radius 1 is 0.265 bits per heavy atom. The maximum absolute atomic E-state index is 9.45. The van der Waals surface area contributed by atoms with Gasteiger partial charge in [-0.05, 0) is 0 Å². The van der Waals surface area contributed by atoms with E-state index in [-0.39, 0.29) is 466 Å². The van der Waals surface area contributed by atoms with Crippen molar-refractivity contribution < 1.29 is 43.9 Å². The van der Waals surface area contributed by atoms with E-state index in [0.717, 1.165) is 0 Å². The van der Waals surface area contributed by atoms with Crippen LogP contribution in [0, 0.1) is 0 Å². The molecule has 4 aliphatic heterocycles. The summed E-state index contributed by atoms with van der Waals surface area (Å²) >= 11 is 0. The molecular formula is H40Li2Mg16Na2O10Si4. The van der Waals surface area contributed by atoms with Crippen molar-refractivity contribution in [3.63, 3.8) is 0 Å². The van der Waals surface area contributed by atoms with Crippen molar-refractivity contribution in [1.29, 1.82) is 0 Å². The normalized spacial score (nSPS) is 27.2. The number of rotatable bonds is 0. The van der Waals surface area contributed by atoms with Crippen LogP contribution in [0.5, 0.6) is 0 Å². The molecule has 4 fully saturated rings. The molecule has 152 valence electrons. The molecule has 0 aromatic heterocycles. The minimum atomic E-state index is -4.26. The molecule has 0 aromatic carbocycles. The third kappa shape index (κ3) is 39.1. The van der Waals surface area contributed by atoms with E-state index in [9.17, 15) is 19.2 Å². The Hall–Kier alpha value is 15.9. The topological polar surface area (TPSA) is 136 Å². The first kappa shape index (κ1) is 117. The van der Waals surface area contributed by atoms with E-state index in [0.29, 0.717) is 0 Å². The first-order valence-corrected chi connectivity index (χ1v) is 10.0. The molecule has 0 amide bonds. The Morgan fingerprint density at radius 2 is 0.324 bits per heavy atom. The van der Waals surface area contributed by atoms with Crippen LogP contribution < -0.4 is 0 Å². The molecule has 0 unspecified atom stereocenters. The van der Waals surface area contributed by atoms with Crippen LogP contribution in [0.15, 0.2) is 0 Å². The average Bonchev–Trinajstić information content (AvgIpc) is 1.67. The first-order valence-electron chi connectivity index (χ1n) is 3.34. The number of hydrogen-bond acceptors (Lipinski definition) is 10. The van der Waals surface area contributed by atoms with Crippen LogP contribution in [0.4, 0.5) is 0 Å². The van der Waals surface area contributed by atoms with Crippen molar-refractivity contribution in [3.8, 4) is 0 Å². The fraction of sp³-hybridized carbons (Fsp3) is 0. The molecule has 4 rings (SSSR count). The monoisotopic (exact) mass is 756 g/mol. The van der Waals surface area contributed by atoms with Crippen molar-refractivity contribution in [3.05, 3.63) is 0 Å². The summed E-state index contributed by atoms with van der Waals surface area (Å²) in [7, 11) is -17.0. The van der Waals surface area contributed by atoms with E-state index >= 15 is 0 Å². The summed E-state index contributed by atoms with van der Waals surface area (Å²) < 4.78 is 27.0. The molecule has 0 aliphatic carbocycles. The predicted octanol–water partition coefficient (Wildman–Crippen LogP) is -21.4. The second-order valence-electron chi connectivity index (χ2n) is 2.71. The minimum absolute atomic E-state index is 0. The predicted molar refractivity (Wildman–Crippen MR) is 204 cm³/mol. The van der Waals surface area contributed by atoms with Crippen LogP contribution in [-0.2, 0) is 24.7 Å². The van der Waals surface area contributed by atoms with Gasteiger partial charge in [0.15, 0.2) is 0 Å². The van der Waals surface area contributed by atoms with Crippen LogP contribution in [0.1, 0.15) is 0 Å². The van der Waals surface area contributed by atoms with E-state index in [1.807, 2.05) is 0 Å². The van der Waals surface area contributed by atoms with Crippen molar-refractivity contribution >= 4 is 502 Å². The maximum atomic E-state index is 9.45. The van der Waals surface area contributed by atoms with Gasteiger partial charge >= 0.3 is 502 Å². The molecule has 34 heteroatoms. The Balaban J connectivity index is -0.00000000800.